The lowest BCUT2D eigenvalue weighted by atomic mass is 10.2. The predicted molar refractivity (Wildman–Crippen MR) is 82.1 cm³/mol. The standard InChI is InChI=1S/C15H19N3O2S/c1-16-10-13-5-7-15(8-6-13)21(19,20)18(2)12-14-4-3-9-17-11-14/h3-9,11,16H,10,12H2,1-2H3. The number of pyridine rings is 1. The van der Waals surface area contributed by atoms with Gasteiger partial charge in [-0.25, -0.2) is 8.42 Å². The number of hydrogen-bond donors (Lipinski definition) is 1. The van der Waals surface area contributed by atoms with Crippen LogP contribution in [-0.2, 0) is 23.1 Å². The van der Waals surface area contributed by atoms with Gasteiger partial charge in [0.05, 0.1) is 4.90 Å². The molecule has 0 aliphatic carbocycles. The van der Waals surface area contributed by atoms with Crippen molar-refractivity contribution < 1.29 is 8.42 Å². The van der Waals surface area contributed by atoms with Crippen LogP contribution >= 0.6 is 0 Å². The summed E-state index contributed by atoms with van der Waals surface area (Å²) >= 11 is 0. The summed E-state index contributed by atoms with van der Waals surface area (Å²) in [5.41, 5.74) is 1.90. The number of nitrogens with one attached hydrogen (secondary N) is 1. The summed E-state index contributed by atoms with van der Waals surface area (Å²) < 4.78 is 26.3. The summed E-state index contributed by atoms with van der Waals surface area (Å²) in [5.74, 6) is 0. The SMILES string of the molecule is CNCc1ccc(S(=O)(=O)N(C)Cc2cccnc2)cc1. The van der Waals surface area contributed by atoms with Crippen molar-refractivity contribution in [2.45, 2.75) is 18.0 Å². The van der Waals surface area contributed by atoms with Crippen LogP contribution in [0.1, 0.15) is 11.1 Å². The van der Waals surface area contributed by atoms with E-state index in [-0.39, 0.29) is 0 Å². The number of hydrogen-bond acceptors (Lipinski definition) is 4. The molecule has 0 saturated carbocycles. The molecular weight excluding hydrogens is 286 g/mol. The monoisotopic (exact) mass is 305 g/mol. The van der Waals surface area contributed by atoms with Crippen LogP contribution in [0.5, 0.6) is 0 Å². The molecule has 21 heavy (non-hydrogen) atoms. The molecule has 2 aromatic rings. The molecule has 0 saturated heterocycles. The first kappa shape index (κ1) is 15.6. The van der Waals surface area contributed by atoms with E-state index in [0.717, 1.165) is 11.1 Å². The van der Waals surface area contributed by atoms with E-state index in [1.54, 1.807) is 37.6 Å². The molecule has 0 bridgehead atoms. The van der Waals surface area contributed by atoms with Gasteiger partial charge in [0.1, 0.15) is 0 Å². The van der Waals surface area contributed by atoms with Gasteiger partial charge >= 0.3 is 0 Å². The van der Waals surface area contributed by atoms with Crippen LogP contribution in [0.15, 0.2) is 53.7 Å². The van der Waals surface area contributed by atoms with E-state index >= 15 is 0 Å². The third-order valence-corrected chi connectivity index (χ3v) is 4.96. The zero-order valence-electron chi connectivity index (χ0n) is 12.2. The molecule has 0 radical (unpaired) electrons. The minimum atomic E-state index is -3.48. The lowest BCUT2D eigenvalue weighted by Crippen LogP contribution is -2.26. The Kier molecular flexibility index (Phi) is 5.06. The van der Waals surface area contributed by atoms with Crippen LogP contribution in [0.3, 0.4) is 0 Å². The van der Waals surface area contributed by atoms with E-state index in [0.29, 0.717) is 18.0 Å². The fraction of sp³-hybridized carbons (Fsp3) is 0.267. The predicted octanol–water partition coefficient (Wildman–Crippen LogP) is 1.62. The molecular formula is C15H19N3O2S. The number of aromatic nitrogens is 1. The van der Waals surface area contributed by atoms with Crippen LogP contribution in [0.25, 0.3) is 0 Å². The summed E-state index contributed by atoms with van der Waals surface area (Å²) in [6.07, 6.45) is 3.33. The molecule has 1 heterocycles. The molecule has 1 aromatic carbocycles. The zero-order valence-corrected chi connectivity index (χ0v) is 13.0. The van der Waals surface area contributed by atoms with E-state index in [2.05, 4.69) is 10.3 Å². The van der Waals surface area contributed by atoms with Crippen LogP contribution < -0.4 is 5.32 Å². The van der Waals surface area contributed by atoms with Crippen molar-refractivity contribution in [1.29, 1.82) is 0 Å². The fourth-order valence-corrected chi connectivity index (χ4v) is 3.16. The maximum atomic E-state index is 12.5. The molecule has 0 amide bonds. The van der Waals surface area contributed by atoms with Crippen molar-refractivity contribution in [3.8, 4) is 0 Å². The maximum Gasteiger partial charge on any atom is 0.243 e. The first-order valence-corrected chi connectivity index (χ1v) is 8.07. The van der Waals surface area contributed by atoms with Gasteiger partial charge in [-0.3, -0.25) is 4.98 Å². The van der Waals surface area contributed by atoms with Gasteiger partial charge in [0.25, 0.3) is 0 Å². The largest absolute Gasteiger partial charge is 0.316 e. The Hall–Kier alpha value is -1.76. The Labute approximate surface area is 125 Å². The van der Waals surface area contributed by atoms with Crippen molar-refractivity contribution in [3.05, 3.63) is 59.9 Å². The second-order valence-electron chi connectivity index (χ2n) is 4.80. The minimum absolute atomic E-state index is 0.300. The first-order chi connectivity index (χ1) is 10.0. The Morgan fingerprint density at radius 1 is 1.14 bits per heavy atom. The summed E-state index contributed by atoms with van der Waals surface area (Å²) in [6.45, 7) is 1.01. The van der Waals surface area contributed by atoms with Gasteiger partial charge in [0.15, 0.2) is 0 Å². The molecule has 1 aromatic heterocycles. The third-order valence-electron chi connectivity index (χ3n) is 3.14. The topological polar surface area (TPSA) is 62.3 Å². The summed E-state index contributed by atoms with van der Waals surface area (Å²) in [7, 11) is -0.0570. The van der Waals surface area contributed by atoms with E-state index in [1.165, 1.54) is 4.31 Å². The van der Waals surface area contributed by atoms with Crippen molar-refractivity contribution in [2.24, 2.45) is 0 Å². The van der Waals surface area contributed by atoms with Crippen LogP contribution in [0, 0.1) is 0 Å². The Morgan fingerprint density at radius 2 is 1.86 bits per heavy atom. The van der Waals surface area contributed by atoms with Gasteiger partial charge in [0.2, 0.25) is 10.0 Å². The van der Waals surface area contributed by atoms with Crippen LogP contribution in [-0.4, -0.2) is 31.8 Å². The van der Waals surface area contributed by atoms with E-state index < -0.39 is 10.0 Å². The average molecular weight is 305 g/mol. The van der Waals surface area contributed by atoms with E-state index in [1.807, 2.05) is 25.2 Å². The average Bonchev–Trinajstić information content (AvgIpc) is 2.49. The molecule has 5 nitrogen and oxygen atoms in total. The molecule has 0 atom stereocenters. The summed E-state index contributed by atoms with van der Waals surface area (Å²) in [5, 5.41) is 3.03. The van der Waals surface area contributed by atoms with Crippen LogP contribution in [0.4, 0.5) is 0 Å². The number of sulfonamides is 1. The Morgan fingerprint density at radius 3 is 2.43 bits per heavy atom. The van der Waals surface area contributed by atoms with Crippen molar-refractivity contribution in [3.63, 3.8) is 0 Å². The van der Waals surface area contributed by atoms with Gasteiger partial charge in [-0.05, 0) is 36.4 Å². The molecule has 6 heteroatoms. The van der Waals surface area contributed by atoms with Gasteiger partial charge < -0.3 is 5.32 Å². The van der Waals surface area contributed by atoms with Crippen molar-refractivity contribution >= 4 is 10.0 Å². The summed E-state index contributed by atoms with van der Waals surface area (Å²) in [4.78, 5) is 4.30. The highest BCUT2D eigenvalue weighted by Crippen LogP contribution is 2.17. The lowest BCUT2D eigenvalue weighted by Gasteiger charge is -2.17. The highest BCUT2D eigenvalue weighted by molar-refractivity contribution is 7.89. The highest BCUT2D eigenvalue weighted by atomic mass is 32.2. The molecule has 0 aliphatic heterocycles. The smallest absolute Gasteiger partial charge is 0.243 e. The van der Waals surface area contributed by atoms with E-state index in [9.17, 15) is 8.42 Å². The second-order valence-corrected chi connectivity index (χ2v) is 6.84. The maximum absolute atomic E-state index is 12.5. The normalized spacial score (nSPS) is 11.8. The molecule has 0 fully saturated rings. The van der Waals surface area contributed by atoms with Gasteiger partial charge in [0, 0.05) is 32.5 Å². The molecule has 0 spiro atoms. The third kappa shape index (κ3) is 3.87. The molecule has 0 unspecified atom stereocenters. The summed E-state index contributed by atoms with van der Waals surface area (Å²) in [6, 6.07) is 10.6. The number of nitrogens with zero attached hydrogens (tertiary/aromatic N) is 2. The fourth-order valence-electron chi connectivity index (χ4n) is 2.00. The molecule has 112 valence electrons. The Bertz CT molecular complexity index is 670. The van der Waals surface area contributed by atoms with Gasteiger partial charge in [-0.1, -0.05) is 18.2 Å². The van der Waals surface area contributed by atoms with Crippen LogP contribution in [0.2, 0.25) is 0 Å². The van der Waals surface area contributed by atoms with Crippen molar-refractivity contribution in [2.75, 3.05) is 14.1 Å². The number of rotatable bonds is 6. The zero-order chi connectivity index (χ0) is 15.3. The molecule has 1 N–H and O–H groups in total. The molecule has 2 rings (SSSR count). The minimum Gasteiger partial charge on any atom is -0.316 e. The first-order valence-electron chi connectivity index (χ1n) is 6.63. The Balaban J connectivity index is 2.16. The second kappa shape index (κ2) is 6.80. The van der Waals surface area contributed by atoms with E-state index in [4.69, 9.17) is 0 Å². The highest BCUT2D eigenvalue weighted by Gasteiger charge is 2.20. The van der Waals surface area contributed by atoms with Gasteiger partial charge in [-0.15, -0.1) is 0 Å². The quantitative estimate of drug-likeness (QED) is 0.881. The van der Waals surface area contributed by atoms with Gasteiger partial charge in [-0.2, -0.15) is 4.31 Å². The molecule has 0 aliphatic rings. The van der Waals surface area contributed by atoms with Crippen molar-refractivity contribution in [1.82, 2.24) is 14.6 Å². The number of benzene rings is 1. The lowest BCUT2D eigenvalue weighted by molar-refractivity contribution is 0.466.